The molecule has 1 heterocycles. The molecular weight excluding hydrogens is 454 g/mol. The third kappa shape index (κ3) is 5.86. The van der Waals surface area contributed by atoms with Gasteiger partial charge in [0.15, 0.2) is 0 Å². The predicted molar refractivity (Wildman–Crippen MR) is 142 cm³/mol. The summed E-state index contributed by atoms with van der Waals surface area (Å²) in [6.45, 7) is 2.81. The molecule has 1 aliphatic heterocycles. The molecule has 0 spiro atoms. The number of unbranched alkanes of at least 4 members (excludes halogenated alkanes) is 4. The standard InChI is InChI=1S/C29H29N3O4/c1-2-3-4-5-11-20-36-27-15-10-9-14-23(27)21-26-28(22-12-7-6-8-13-22)30-31(29(26)33)24-16-18-25(19-17-24)32(34)35/h6-10,12-19,21H,2-5,11,20H2,1H3/b26-21+. The van der Waals surface area contributed by atoms with Gasteiger partial charge in [-0.1, -0.05) is 81.1 Å². The average molecular weight is 484 g/mol. The number of hydrazone groups is 1. The van der Waals surface area contributed by atoms with Crippen molar-refractivity contribution in [1.29, 1.82) is 0 Å². The van der Waals surface area contributed by atoms with Crippen molar-refractivity contribution < 1.29 is 14.5 Å². The zero-order valence-electron chi connectivity index (χ0n) is 20.3. The molecule has 184 valence electrons. The van der Waals surface area contributed by atoms with E-state index in [0.717, 1.165) is 29.7 Å². The van der Waals surface area contributed by atoms with Gasteiger partial charge in [-0.2, -0.15) is 10.1 Å². The molecule has 4 rings (SSSR count). The highest BCUT2D eigenvalue weighted by Crippen LogP contribution is 2.31. The molecule has 0 N–H and O–H groups in total. The number of non-ortho nitro benzene ring substituents is 1. The molecule has 3 aromatic rings. The molecule has 3 aromatic carbocycles. The molecule has 0 saturated carbocycles. The van der Waals surface area contributed by atoms with Crippen LogP contribution in [0, 0.1) is 10.1 Å². The minimum absolute atomic E-state index is 0.0470. The maximum absolute atomic E-state index is 13.6. The lowest BCUT2D eigenvalue weighted by atomic mass is 10.00. The zero-order valence-corrected chi connectivity index (χ0v) is 20.3. The quantitative estimate of drug-likeness (QED) is 0.130. The van der Waals surface area contributed by atoms with Gasteiger partial charge in [-0.15, -0.1) is 0 Å². The number of carbonyl (C=O) groups excluding carboxylic acids is 1. The number of ether oxygens (including phenoxy) is 1. The first-order valence-electron chi connectivity index (χ1n) is 12.3. The van der Waals surface area contributed by atoms with Gasteiger partial charge in [-0.05, 0) is 30.7 Å². The predicted octanol–water partition coefficient (Wildman–Crippen LogP) is 6.78. The Balaban J connectivity index is 1.64. The van der Waals surface area contributed by atoms with Crippen LogP contribution in [0.15, 0.2) is 89.5 Å². The second kappa shape index (κ2) is 11.9. The number of amides is 1. The second-order valence-corrected chi connectivity index (χ2v) is 8.56. The van der Waals surface area contributed by atoms with Crippen molar-refractivity contribution in [3.8, 4) is 5.75 Å². The van der Waals surface area contributed by atoms with Gasteiger partial charge in [0.05, 0.1) is 22.8 Å². The van der Waals surface area contributed by atoms with Crippen LogP contribution in [-0.2, 0) is 4.79 Å². The van der Waals surface area contributed by atoms with E-state index in [9.17, 15) is 14.9 Å². The van der Waals surface area contributed by atoms with Crippen molar-refractivity contribution in [2.75, 3.05) is 11.6 Å². The fourth-order valence-electron chi connectivity index (χ4n) is 4.02. The molecule has 0 saturated heterocycles. The maximum atomic E-state index is 13.6. The molecule has 7 nitrogen and oxygen atoms in total. The number of nitrogens with zero attached hydrogens (tertiary/aromatic N) is 3. The van der Waals surface area contributed by atoms with E-state index in [1.807, 2.05) is 60.7 Å². The Labute approximate surface area is 210 Å². The summed E-state index contributed by atoms with van der Waals surface area (Å²) in [6, 6.07) is 22.9. The summed E-state index contributed by atoms with van der Waals surface area (Å²) >= 11 is 0. The smallest absolute Gasteiger partial charge is 0.281 e. The minimum atomic E-state index is -0.472. The van der Waals surface area contributed by atoms with Gasteiger partial charge in [-0.3, -0.25) is 14.9 Å². The van der Waals surface area contributed by atoms with Crippen molar-refractivity contribution in [3.63, 3.8) is 0 Å². The van der Waals surface area contributed by atoms with Gasteiger partial charge in [0, 0.05) is 23.3 Å². The maximum Gasteiger partial charge on any atom is 0.281 e. The molecule has 1 aliphatic rings. The third-order valence-corrected chi connectivity index (χ3v) is 5.95. The molecule has 0 bridgehead atoms. The molecule has 7 heteroatoms. The van der Waals surface area contributed by atoms with Crippen molar-refractivity contribution in [2.24, 2.45) is 5.10 Å². The minimum Gasteiger partial charge on any atom is -0.493 e. The normalized spacial score (nSPS) is 14.2. The second-order valence-electron chi connectivity index (χ2n) is 8.56. The largest absolute Gasteiger partial charge is 0.493 e. The lowest BCUT2D eigenvalue weighted by Gasteiger charge is -2.12. The molecule has 0 radical (unpaired) electrons. The van der Waals surface area contributed by atoms with E-state index < -0.39 is 4.92 Å². The molecule has 0 atom stereocenters. The summed E-state index contributed by atoms with van der Waals surface area (Å²) in [4.78, 5) is 24.1. The van der Waals surface area contributed by atoms with Crippen LogP contribution in [0.5, 0.6) is 5.75 Å². The van der Waals surface area contributed by atoms with Gasteiger partial charge < -0.3 is 4.74 Å². The van der Waals surface area contributed by atoms with Crippen LogP contribution in [0.1, 0.15) is 50.2 Å². The SMILES string of the molecule is CCCCCCCOc1ccccc1/C=C1/C(=O)N(c2ccc([N+](=O)[O-])cc2)N=C1c1ccccc1. The van der Waals surface area contributed by atoms with Crippen molar-refractivity contribution >= 4 is 29.1 Å². The first-order valence-corrected chi connectivity index (χ1v) is 12.3. The van der Waals surface area contributed by atoms with Crippen LogP contribution >= 0.6 is 0 Å². The summed E-state index contributed by atoms with van der Waals surface area (Å²) in [5.74, 6) is 0.409. The number of para-hydroxylation sites is 1. The summed E-state index contributed by atoms with van der Waals surface area (Å²) in [5, 5.41) is 16.9. The van der Waals surface area contributed by atoms with E-state index in [0.29, 0.717) is 23.6 Å². The monoisotopic (exact) mass is 483 g/mol. The van der Waals surface area contributed by atoms with Crippen LogP contribution in [0.2, 0.25) is 0 Å². The van der Waals surface area contributed by atoms with E-state index >= 15 is 0 Å². The van der Waals surface area contributed by atoms with E-state index in [1.165, 1.54) is 48.5 Å². The van der Waals surface area contributed by atoms with Gasteiger partial charge in [0.25, 0.3) is 11.6 Å². The van der Waals surface area contributed by atoms with E-state index in [1.54, 1.807) is 0 Å². The number of hydrogen-bond acceptors (Lipinski definition) is 5. The summed E-state index contributed by atoms with van der Waals surface area (Å²) < 4.78 is 6.08. The van der Waals surface area contributed by atoms with Crippen LogP contribution in [0.3, 0.4) is 0 Å². The molecular formula is C29H29N3O4. The Bertz CT molecular complexity index is 1270. The lowest BCUT2D eigenvalue weighted by molar-refractivity contribution is -0.384. The Morgan fingerprint density at radius 1 is 0.917 bits per heavy atom. The number of hydrogen-bond donors (Lipinski definition) is 0. The number of carbonyl (C=O) groups is 1. The van der Waals surface area contributed by atoms with Gasteiger partial charge in [0.1, 0.15) is 11.5 Å². The number of rotatable bonds is 11. The Morgan fingerprint density at radius 2 is 1.61 bits per heavy atom. The summed E-state index contributed by atoms with van der Waals surface area (Å²) in [6.07, 6.45) is 7.56. The first kappa shape index (κ1) is 24.9. The van der Waals surface area contributed by atoms with Crippen LogP contribution in [0.4, 0.5) is 11.4 Å². The third-order valence-electron chi connectivity index (χ3n) is 5.95. The highest BCUT2D eigenvalue weighted by Gasteiger charge is 2.32. The molecule has 0 fully saturated rings. The van der Waals surface area contributed by atoms with E-state index in [2.05, 4.69) is 12.0 Å². The van der Waals surface area contributed by atoms with Crippen LogP contribution in [-0.4, -0.2) is 23.1 Å². The number of anilines is 1. The molecule has 0 aromatic heterocycles. The van der Waals surface area contributed by atoms with Crippen molar-refractivity contribution in [3.05, 3.63) is 106 Å². The highest BCUT2D eigenvalue weighted by atomic mass is 16.6. The number of nitro groups is 1. The fraction of sp³-hybridized carbons (Fsp3) is 0.241. The fourth-order valence-corrected chi connectivity index (χ4v) is 4.02. The number of benzene rings is 3. The number of nitro benzene ring substituents is 1. The average Bonchev–Trinajstić information content (AvgIpc) is 3.23. The van der Waals surface area contributed by atoms with Gasteiger partial charge >= 0.3 is 0 Å². The first-order chi connectivity index (χ1) is 17.6. The van der Waals surface area contributed by atoms with Crippen molar-refractivity contribution in [2.45, 2.75) is 39.0 Å². The van der Waals surface area contributed by atoms with E-state index in [-0.39, 0.29) is 11.6 Å². The topological polar surface area (TPSA) is 85.0 Å². The van der Waals surface area contributed by atoms with Crippen LogP contribution < -0.4 is 9.75 Å². The van der Waals surface area contributed by atoms with E-state index in [4.69, 9.17) is 4.74 Å². The zero-order chi connectivity index (χ0) is 25.3. The van der Waals surface area contributed by atoms with Gasteiger partial charge in [0.2, 0.25) is 0 Å². The Hall–Kier alpha value is -4.26. The molecule has 0 aliphatic carbocycles. The molecule has 0 unspecified atom stereocenters. The van der Waals surface area contributed by atoms with Crippen LogP contribution in [0.25, 0.3) is 6.08 Å². The highest BCUT2D eigenvalue weighted by molar-refractivity contribution is 6.37. The summed E-state index contributed by atoms with van der Waals surface area (Å²) in [7, 11) is 0. The molecule has 1 amide bonds. The summed E-state index contributed by atoms with van der Waals surface area (Å²) in [5.41, 5.74) is 2.97. The lowest BCUT2D eigenvalue weighted by Crippen LogP contribution is -2.21. The Morgan fingerprint density at radius 3 is 2.33 bits per heavy atom. The van der Waals surface area contributed by atoms with Crippen molar-refractivity contribution in [1.82, 2.24) is 0 Å². The van der Waals surface area contributed by atoms with Gasteiger partial charge in [-0.25, -0.2) is 0 Å². The molecule has 36 heavy (non-hydrogen) atoms. The Kier molecular flexibility index (Phi) is 8.24.